The average Bonchev–Trinajstić information content (AvgIpc) is 2.75. The van der Waals surface area contributed by atoms with E-state index in [2.05, 4.69) is 15.5 Å². The zero-order chi connectivity index (χ0) is 12.3. The number of halogens is 2. The van der Waals surface area contributed by atoms with Gasteiger partial charge in [-0.3, -0.25) is 0 Å². The standard InChI is InChI=1S/C11H11FIN3O/c1-14-5-4-10-15-11(17-16-10)8-3-2-7(12)6-9(8)13/h2-3,6,14H,4-5H2,1H3. The monoisotopic (exact) mass is 347 g/mol. The van der Waals surface area contributed by atoms with Crippen LogP contribution >= 0.6 is 22.6 Å². The Kier molecular flexibility index (Phi) is 4.06. The highest BCUT2D eigenvalue weighted by atomic mass is 127. The molecule has 0 unspecified atom stereocenters. The number of hydrogen-bond donors (Lipinski definition) is 1. The number of aromatic nitrogens is 2. The van der Waals surface area contributed by atoms with Gasteiger partial charge < -0.3 is 9.84 Å². The summed E-state index contributed by atoms with van der Waals surface area (Å²) in [5, 5.41) is 6.88. The largest absolute Gasteiger partial charge is 0.334 e. The zero-order valence-corrected chi connectivity index (χ0v) is 11.4. The van der Waals surface area contributed by atoms with E-state index >= 15 is 0 Å². The summed E-state index contributed by atoms with van der Waals surface area (Å²) in [5.74, 6) is 0.808. The van der Waals surface area contributed by atoms with Crippen LogP contribution in [0, 0.1) is 9.39 Å². The van der Waals surface area contributed by atoms with E-state index in [-0.39, 0.29) is 5.82 Å². The van der Waals surface area contributed by atoms with Gasteiger partial charge in [-0.15, -0.1) is 0 Å². The number of hydrogen-bond acceptors (Lipinski definition) is 4. The number of likely N-dealkylation sites (N-methyl/N-ethyl adjacent to an activating group) is 1. The molecule has 2 aromatic rings. The van der Waals surface area contributed by atoms with Crippen LogP contribution < -0.4 is 5.32 Å². The molecule has 0 aliphatic rings. The second-order valence-corrected chi connectivity index (χ2v) is 4.66. The minimum Gasteiger partial charge on any atom is -0.334 e. The molecule has 1 aromatic carbocycles. The summed E-state index contributed by atoms with van der Waals surface area (Å²) >= 11 is 2.05. The van der Waals surface area contributed by atoms with Crippen LogP contribution in [0.1, 0.15) is 5.82 Å². The fourth-order valence-corrected chi connectivity index (χ4v) is 2.07. The smallest absolute Gasteiger partial charge is 0.258 e. The number of nitrogens with zero attached hydrogens (tertiary/aromatic N) is 2. The van der Waals surface area contributed by atoms with E-state index < -0.39 is 0 Å². The van der Waals surface area contributed by atoms with Crippen LogP contribution in [0.2, 0.25) is 0 Å². The molecule has 0 amide bonds. The summed E-state index contributed by atoms with van der Waals surface area (Å²) in [4.78, 5) is 4.26. The molecule has 1 N–H and O–H groups in total. The molecule has 90 valence electrons. The predicted molar refractivity (Wildman–Crippen MR) is 70.0 cm³/mol. The van der Waals surface area contributed by atoms with E-state index in [1.54, 1.807) is 6.07 Å². The molecule has 0 bridgehead atoms. The highest BCUT2D eigenvalue weighted by Gasteiger charge is 2.12. The Morgan fingerprint density at radius 2 is 2.29 bits per heavy atom. The molecule has 17 heavy (non-hydrogen) atoms. The molecule has 0 aliphatic heterocycles. The first kappa shape index (κ1) is 12.4. The number of benzene rings is 1. The van der Waals surface area contributed by atoms with Crippen LogP contribution in [-0.4, -0.2) is 23.7 Å². The van der Waals surface area contributed by atoms with Crippen LogP contribution in [0.25, 0.3) is 11.5 Å². The Bertz CT molecular complexity index is 515. The highest BCUT2D eigenvalue weighted by molar-refractivity contribution is 14.1. The summed E-state index contributed by atoms with van der Waals surface area (Å²) in [6, 6.07) is 4.47. The van der Waals surface area contributed by atoms with Crippen LogP contribution in [-0.2, 0) is 6.42 Å². The quantitative estimate of drug-likeness (QED) is 0.862. The molecular weight excluding hydrogens is 336 g/mol. The molecular formula is C11H11FIN3O. The summed E-state index contributed by atoms with van der Waals surface area (Å²) in [6.07, 6.45) is 0.706. The molecule has 0 fully saturated rings. The first-order chi connectivity index (χ1) is 8.20. The SMILES string of the molecule is CNCCc1noc(-c2ccc(F)cc2I)n1. The minimum absolute atomic E-state index is 0.270. The summed E-state index contributed by atoms with van der Waals surface area (Å²) < 4.78 is 18.9. The van der Waals surface area contributed by atoms with Crippen molar-refractivity contribution in [2.45, 2.75) is 6.42 Å². The number of nitrogens with one attached hydrogen (secondary N) is 1. The van der Waals surface area contributed by atoms with E-state index in [4.69, 9.17) is 4.52 Å². The lowest BCUT2D eigenvalue weighted by molar-refractivity contribution is 0.421. The van der Waals surface area contributed by atoms with Gasteiger partial charge in [-0.1, -0.05) is 5.16 Å². The Morgan fingerprint density at radius 1 is 1.47 bits per heavy atom. The summed E-state index contributed by atoms with van der Waals surface area (Å²) in [6.45, 7) is 0.791. The lowest BCUT2D eigenvalue weighted by Crippen LogP contribution is -2.11. The molecule has 0 spiro atoms. The van der Waals surface area contributed by atoms with Gasteiger partial charge in [0.1, 0.15) is 5.82 Å². The van der Waals surface area contributed by atoms with Gasteiger partial charge in [0.25, 0.3) is 5.89 Å². The van der Waals surface area contributed by atoms with Crippen LogP contribution in [0.4, 0.5) is 4.39 Å². The topological polar surface area (TPSA) is 51.0 Å². The maximum atomic E-state index is 13.0. The molecule has 1 aromatic heterocycles. The van der Waals surface area contributed by atoms with Gasteiger partial charge in [0.2, 0.25) is 0 Å². The lowest BCUT2D eigenvalue weighted by Gasteiger charge is -1.98. The highest BCUT2D eigenvalue weighted by Crippen LogP contribution is 2.24. The maximum absolute atomic E-state index is 13.0. The Balaban J connectivity index is 2.24. The van der Waals surface area contributed by atoms with E-state index in [0.29, 0.717) is 18.1 Å². The normalized spacial score (nSPS) is 10.8. The molecule has 4 nitrogen and oxygen atoms in total. The average molecular weight is 347 g/mol. The van der Waals surface area contributed by atoms with Gasteiger partial charge in [-0.05, 0) is 47.8 Å². The minimum atomic E-state index is -0.270. The van der Waals surface area contributed by atoms with Crippen molar-refractivity contribution in [2.75, 3.05) is 13.6 Å². The Hall–Kier alpha value is -1.02. The molecule has 0 atom stereocenters. The van der Waals surface area contributed by atoms with E-state index in [1.165, 1.54) is 12.1 Å². The van der Waals surface area contributed by atoms with Gasteiger partial charge >= 0.3 is 0 Å². The van der Waals surface area contributed by atoms with Gasteiger partial charge in [0.05, 0.1) is 5.56 Å². The van der Waals surface area contributed by atoms with Gasteiger partial charge in [0.15, 0.2) is 5.82 Å². The Labute approximate surface area is 112 Å². The van der Waals surface area contributed by atoms with E-state index in [0.717, 1.165) is 15.7 Å². The van der Waals surface area contributed by atoms with Crippen molar-refractivity contribution in [3.63, 3.8) is 0 Å². The van der Waals surface area contributed by atoms with Crippen molar-refractivity contribution in [2.24, 2.45) is 0 Å². The van der Waals surface area contributed by atoms with Crippen molar-refractivity contribution in [1.29, 1.82) is 0 Å². The summed E-state index contributed by atoms with van der Waals surface area (Å²) in [5.41, 5.74) is 0.759. The maximum Gasteiger partial charge on any atom is 0.258 e. The van der Waals surface area contributed by atoms with Crippen molar-refractivity contribution in [1.82, 2.24) is 15.5 Å². The second kappa shape index (κ2) is 5.54. The molecule has 0 aliphatic carbocycles. The first-order valence-corrected chi connectivity index (χ1v) is 6.21. The van der Waals surface area contributed by atoms with E-state index in [9.17, 15) is 4.39 Å². The third-order valence-electron chi connectivity index (χ3n) is 2.23. The van der Waals surface area contributed by atoms with Crippen LogP contribution in [0.3, 0.4) is 0 Å². The molecule has 0 saturated heterocycles. The van der Waals surface area contributed by atoms with Crippen LogP contribution in [0.5, 0.6) is 0 Å². The van der Waals surface area contributed by atoms with Crippen molar-refractivity contribution >= 4 is 22.6 Å². The summed E-state index contributed by atoms with van der Waals surface area (Å²) in [7, 11) is 1.86. The second-order valence-electron chi connectivity index (χ2n) is 3.49. The molecule has 0 saturated carbocycles. The predicted octanol–water partition coefficient (Wildman–Crippen LogP) is 2.24. The van der Waals surface area contributed by atoms with Gasteiger partial charge in [-0.25, -0.2) is 4.39 Å². The van der Waals surface area contributed by atoms with Gasteiger partial charge in [0, 0.05) is 16.5 Å². The van der Waals surface area contributed by atoms with Crippen LogP contribution in [0.15, 0.2) is 22.7 Å². The third kappa shape index (κ3) is 3.01. The Morgan fingerprint density at radius 3 is 3.00 bits per heavy atom. The first-order valence-electron chi connectivity index (χ1n) is 5.13. The fraction of sp³-hybridized carbons (Fsp3) is 0.273. The lowest BCUT2D eigenvalue weighted by atomic mass is 10.2. The molecule has 0 radical (unpaired) electrons. The fourth-order valence-electron chi connectivity index (χ4n) is 1.36. The number of rotatable bonds is 4. The third-order valence-corrected chi connectivity index (χ3v) is 3.12. The van der Waals surface area contributed by atoms with E-state index in [1.807, 2.05) is 29.6 Å². The van der Waals surface area contributed by atoms with Crippen molar-refractivity contribution < 1.29 is 8.91 Å². The van der Waals surface area contributed by atoms with Crippen molar-refractivity contribution in [3.05, 3.63) is 33.4 Å². The van der Waals surface area contributed by atoms with Gasteiger partial charge in [-0.2, -0.15) is 4.98 Å². The molecule has 6 heteroatoms. The molecule has 2 rings (SSSR count). The molecule has 1 heterocycles. The zero-order valence-electron chi connectivity index (χ0n) is 9.20. The van der Waals surface area contributed by atoms with Crippen molar-refractivity contribution in [3.8, 4) is 11.5 Å².